The minimum atomic E-state index is -0.0964. The topological polar surface area (TPSA) is 26.3 Å². The molecule has 0 heterocycles. The Morgan fingerprint density at radius 2 is 1.93 bits per heavy atom. The SMILES string of the molecule is CB(C)OC(=O)CCCc1ccccc1. The molecule has 1 aromatic rings. The minimum Gasteiger partial charge on any atom is -0.537 e. The Bertz CT molecular complexity index is 296. The molecule has 3 heteroatoms. The highest BCUT2D eigenvalue weighted by atomic mass is 16.5. The van der Waals surface area contributed by atoms with Crippen LogP contribution in [0.2, 0.25) is 13.6 Å². The second kappa shape index (κ2) is 6.28. The van der Waals surface area contributed by atoms with E-state index < -0.39 is 0 Å². The fourth-order valence-corrected chi connectivity index (χ4v) is 1.40. The van der Waals surface area contributed by atoms with Crippen LogP contribution in [0.5, 0.6) is 0 Å². The lowest BCUT2D eigenvalue weighted by molar-refractivity contribution is -0.134. The first kappa shape index (κ1) is 11.8. The molecule has 0 radical (unpaired) electrons. The molecule has 80 valence electrons. The molecule has 0 aliphatic heterocycles. The van der Waals surface area contributed by atoms with Gasteiger partial charge in [-0.1, -0.05) is 30.3 Å². The van der Waals surface area contributed by atoms with E-state index in [-0.39, 0.29) is 12.9 Å². The number of hydrogen-bond acceptors (Lipinski definition) is 2. The lowest BCUT2D eigenvalue weighted by atomic mass is 9.75. The third-order valence-corrected chi connectivity index (χ3v) is 2.06. The Kier molecular flexibility index (Phi) is 4.95. The first-order valence-electron chi connectivity index (χ1n) is 5.42. The van der Waals surface area contributed by atoms with Crippen LogP contribution in [0.4, 0.5) is 0 Å². The van der Waals surface area contributed by atoms with Crippen molar-refractivity contribution < 1.29 is 9.45 Å². The molecule has 0 spiro atoms. The molecule has 0 saturated carbocycles. The van der Waals surface area contributed by atoms with E-state index in [0.29, 0.717) is 6.42 Å². The van der Waals surface area contributed by atoms with E-state index >= 15 is 0 Å². The van der Waals surface area contributed by atoms with E-state index in [4.69, 9.17) is 4.65 Å². The highest BCUT2D eigenvalue weighted by molar-refractivity contribution is 6.50. The molecular weight excluding hydrogens is 187 g/mol. The second-order valence-corrected chi connectivity index (χ2v) is 3.88. The summed E-state index contributed by atoms with van der Waals surface area (Å²) in [5.74, 6) is -0.0964. The van der Waals surface area contributed by atoms with E-state index in [1.807, 2.05) is 31.8 Å². The van der Waals surface area contributed by atoms with E-state index in [1.54, 1.807) is 0 Å². The second-order valence-electron chi connectivity index (χ2n) is 3.88. The predicted octanol–water partition coefficient (Wildman–Crippen LogP) is 2.80. The Morgan fingerprint density at radius 1 is 1.27 bits per heavy atom. The Labute approximate surface area is 91.8 Å². The third-order valence-electron chi connectivity index (χ3n) is 2.06. The highest BCUT2D eigenvalue weighted by Gasteiger charge is 2.07. The van der Waals surface area contributed by atoms with E-state index in [2.05, 4.69) is 12.1 Å². The van der Waals surface area contributed by atoms with Crippen molar-refractivity contribution in [1.29, 1.82) is 0 Å². The Morgan fingerprint density at radius 3 is 2.53 bits per heavy atom. The zero-order chi connectivity index (χ0) is 11.1. The largest absolute Gasteiger partial charge is 0.537 e. The van der Waals surface area contributed by atoms with Crippen LogP contribution in [0.1, 0.15) is 18.4 Å². The molecular formula is C12H17BO2. The molecule has 0 amide bonds. The number of aryl methyl sites for hydroxylation is 1. The van der Waals surface area contributed by atoms with Crippen molar-refractivity contribution in [3.63, 3.8) is 0 Å². The summed E-state index contributed by atoms with van der Waals surface area (Å²) >= 11 is 0. The quantitative estimate of drug-likeness (QED) is 0.689. The number of carbonyl (C=O) groups is 1. The molecule has 2 nitrogen and oxygen atoms in total. The first-order chi connectivity index (χ1) is 7.18. The van der Waals surface area contributed by atoms with Crippen LogP contribution in [-0.4, -0.2) is 12.9 Å². The van der Waals surface area contributed by atoms with Gasteiger partial charge in [-0.3, -0.25) is 4.79 Å². The van der Waals surface area contributed by atoms with Gasteiger partial charge in [-0.2, -0.15) is 0 Å². The molecule has 0 aliphatic rings. The summed E-state index contributed by atoms with van der Waals surface area (Å²) in [7, 11) is 0. The molecule has 0 fully saturated rings. The van der Waals surface area contributed by atoms with Gasteiger partial charge >= 0.3 is 6.92 Å². The fraction of sp³-hybridized carbons (Fsp3) is 0.417. The summed E-state index contributed by atoms with van der Waals surface area (Å²) in [4.78, 5) is 11.2. The van der Waals surface area contributed by atoms with E-state index in [0.717, 1.165) is 12.8 Å². The van der Waals surface area contributed by atoms with Gasteiger partial charge in [-0.15, -0.1) is 0 Å². The van der Waals surface area contributed by atoms with Gasteiger partial charge in [0, 0.05) is 6.42 Å². The molecule has 0 aliphatic carbocycles. The zero-order valence-electron chi connectivity index (χ0n) is 9.40. The standard InChI is InChI=1S/C12H17BO2/c1-13(2)15-12(14)10-6-9-11-7-4-3-5-8-11/h3-5,7-8H,6,9-10H2,1-2H3. The molecule has 1 aromatic carbocycles. The van der Waals surface area contributed by atoms with Crippen molar-refractivity contribution in [2.24, 2.45) is 0 Å². The van der Waals surface area contributed by atoms with Gasteiger partial charge in [-0.25, -0.2) is 0 Å². The predicted molar refractivity (Wildman–Crippen MR) is 63.0 cm³/mol. The average Bonchev–Trinajstić information content (AvgIpc) is 2.18. The summed E-state index contributed by atoms with van der Waals surface area (Å²) in [6.45, 7) is 3.73. The maximum Gasteiger partial charge on any atom is 0.355 e. The number of benzene rings is 1. The average molecular weight is 204 g/mol. The summed E-state index contributed by atoms with van der Waals surface area (Å²) in [6, 6.07) is 10.2. The van der Waals surface area contributed by atoms with Gasteiger partial charge in [0.1, 0.15) is 0 Å². The van der Waals surface area contributed by atoms with Crippen molar-refractivity contribution in [3.8, 4) is 0 Å². The summed E-state index contributed by atoms with van der Waals surface area (Å²) in [5.41, 5.74) is 1.27. The molecule has 0 saturated heterocycles. The van der Waals surface area contributed by atoms with Crippen molar-refractivity contribution >= 4 is 12.9 Å². The molecule has 0 atom stereocenters. The fourth-order valence-electron chi connectivity index (χ4n) is 1.40. The maximum absolute atomic E-state index is 11.2. The van der Waals surface area contributed by atoms with Crippen LogP contribution >= 0.6 is 0 Å². The summed E-state index contributed by atoms with van der Waals surface area (Å²) < 4.78 is 5.05. The molecule has 1 rings (SSSR count). The number of rotatable bonds is 5. The monoisotopic (exact) mass is 204 g/mol. The molecule has 0 bridgehead atoms. The minimum absolute atomic E-state index is 0.00535. The van der Waals surface area contributed by atoms with Crippen LogP contribution in [-0.2, 0) is 15.9 Å². The highest BCUT2D eigenvalue weighted by Crippen LogP contribution is 2.05. The van der Waals surface area contributed by atoms with Gasteiger partial charge in [0.15, 0.2) is 0 Å². The Hall–Kier alpha value is -1.25. The van der Waals surface area contributed by atoms with Crippen molar-refractivity contribution in [3.05, 3.63) is 35.9 Å². The van der Waals surface area contributed by atoms with Gasteiger partial charge in [0.2, 0.25) is 0 Å². The molecule has 0 unspecified atom stereocenters. The van der Waals surface area contributed by atoms with Crippen molar-refractivity contribution in [2.75, 3.05) is 0 Å². The zero-order valence-corrected chi connectivity index (χ0v) is 9.40. The van der Waals surface area contributed by atoms with Gasteiger partial charge < -0.3 is 4.65 Å². The lowest BCUT2D eigenvalue weighted by Crippen LogP contribution is -2.14. The molecule has 0 N–H and O–H groups in total. The van der Waals surface area contributed by atoms with E-state index in [1.165, 1.54) is 5.56 Å². The number of carbonyl (C=O) groups excluding carboxylic acids is 1. The van der Waals surface area contributed by atoms with Crippen LogP contribution in [0, 0.1) is 0 Å². The summed E-state index contributed by atoms with van der Waals surface area (Å²) in [5, 5.41) is 0. The van der Waals surface area contributed by atoms with Crippen LogP contribution in [0.15, 0.2) is 30.3 Å². The molecule has 0 aromatic heterocycles. The van der Waals surface area contributed by atoms with Gasteiger partial charge in [0.05, 0.1) is 0 Å². The van der Waals surface area contributed by atoms with Crippen LogP contribution in [0.3, 0.4) is 0 Å². The van der Waals surface area contributed by atoms with E-state index in [9.17, 15) is 4.79 Å². The smallest absolute Gasteiger partial charge is 0.355 e. The van der Waals surface area contributed by atoms with Crippen molar-refractivity contribution in [2.45, 2.75) is 32.9 Å². The number of hydrogen-bond donors (Lipinski definition) is 0. The first-order valence-corrected chi connectivity index (χ1v) is 5.42. The van der Waals surface area contributed by atoms with Crippen LogP contribution < -0.4 is 0 Å². The molecule has 15 heavy (non-hydrogen) atoms. The normalized spacial score (nSPS) is 9.73. The third kappa shape index (κ3) is 5.26. The Balaban J connectivity index is 2.19. The summed E-state index contributed by atoms with van der Waals surface area (Å²) in [6.07, 6.45) is 2.30. The maximum atomic E-state index is 11.2. The van der Waals surface area contributed by atoms with Gasteiger partial charge in [0.25, 0.3) is 5.97 Å². The van der Waals surface area contributed by atoms with Crippen LogP contribution in [0.25, 0.3) is 0 Å². The lowest BCUT2D eigenvalue weighted by Gasteiger charge is -2.05. The van der Waals surface area contributed by atoms with Gasteiger partial charge in [-0.05, 0) is 32.1 Å². The van der Waals surface area contributed by atoms with Crippen molar-refractivity contribution in [1.82, 2.24) is 0 Å².